The number of nitrogens with zero attached hydrogens (tertiary/aromatic N) is 1. The van der Waals surface area contributed by atoms with Crippen LogP contribution >= 0.6 is 0 Å². The fourth-order valence-corrected chi connectivity index (χ4v) is 5.47. The first kappa shape index (κ1) is 23.5. The smallest absolute Gasteiger partial charge is 0.244 e. The number of amides is 1. The van der Waals surface area contributed by atoms with Crippen molar-refractivity contribution in [2.24, 2.45) is 5.92 Å². The van der Waals surface area contributed by atoms with Crippen LogP contribution in [0.25, 0.3) is 5.57 Å². The molecule has 0 aliphatic carbocycles. The quantitative estimate of drug-likeness (QED) is 0.644. The Morgan fingerprint density at radius 2 is 1.88 bits per heavy atom. The summed E-state index contributed by atoms with van der Waals surface area (Å²) >= 11 is 0. The van der Waals surface area contributed by atoms with Crippen molar-refractivity contribution >= 4 is 21.3 Å². The number of hydrogen-bond donors (Lipinski definition) is 1. The molecule has 3 unspecified atom stereocenters. The minimum Gasteiger partial charge on any atom is -0.457 e. The normalized spacial score (nSPS) is 21.5. The molecule has 0 spiro atoms. The van der Waals surface area contributed by atoms with Crippen LogP contribution < -0.4 is 10.1 Å². The topological polar surface area (TPSA) is 75.7 Å². The van der Waals surface area contributed by atoms with Crippen molar-refractivity contribution in [2.75, 3.05) is 19.3 Å². The monoisotopic (exact) mass is 468 g/mol. The lowest BCUT2D eigenvalue weighted by Gasteiger charge is -2.32. The number of nitrogens with one attached hydrogen (secondary N) is 1. The molecule has 1 fully saturated rings. The number of carbonyl (C=O) groups excluding carboxylic acids is 1. The van der Waals surface area contributed by atoms with Gasteiger partial charge in [0, 0.05) is 24.7 Å². The summed E-state index contributed by atoms with van der Waals surface area (Å²) in [6.07, 6.45) is 3.70. The van der Waals surface area contributed by atoms with Gasteiger partial charge in [-0.2, -0.15) is 0 Å². The van der Waals surface area contributed by atoms with Crippen molar-refractivity contribution in [1.82, 2.24) is 10.2 Å². The summed E-state index contributed by atoms with van der Waals surface area (Å²) < 4.78 is 31.6. The summed E-state index contributed by atoms with van der Waals surface area (Å²) in [6, 6.07) is 12.8. The maximum absolute atomic E-state index is 12.6. The molecule has 1 N–H and O–H groups in total. The molecule has 2 heterocycles. The molecule has 0 bridgehead atoms. The van der Waals surface area contributed by atoms with Gasteiger partial charge in [0.25, 0.3) is 0 Å². The molecule has 2 aromatic carbocycles. The highest BCUT2D eigenvalue weighted by Crippen LogP contribution is 2.42. The fraction of sp³-hybridized carbons (Fsp3) is 0.423. The van der Waals surface area contributed by atoms with Gasteiger partial charge in [0.2, 0.25) is 5.91 Å². The number of carbonyl (C=O) groups is 1. The maximum Gasteiger partial charge on any atom is 0.244 e. The van der Waals surface area contributed by atoms with Gasteiger partial charge < -0.3 is 15.0 Å². The average molecular weight is 469 g/mol. The first-order valence-electron chi connectivity index (χ1n) is 11.6. The molecule has 2 aromatic rings. The Bertz CT molecular complexity index is 1170. The molecule has 1 saturated heterocycles. The van der Waals surface area contributed by atoms with Crippen molar-refractivity contribution in [1.29, 1.82) is 0 Å². The molecule has 2 aliphatic rings. The van der Waals surface area contributed by atoms with E-state index >= 15 is 0 Å². The average Bonchev–Trinajstić information content (AvgIpc) is 3.32. The van der Waals surface area contributed by atoms with Gasteiger partial charge in [-0.1, -0.05) is 32.9 Å². The third-order valence-corrected chi connectivity index (χ3v) is 8.59. The van der Waals surface area contributed by atoms with Gasteiger partial charge in [-0.15, -0.1) is 0 Å². The van der Waals surface area contributed by atoms with Crippen molar-refractivity contribution in [2.45, 2.75) is 50.5 Å². The van der Waals surface area contributed by atoms with E-state index in [2.05, 4.69) is 31.3 Å². The van der Waals surface area contributed by atoms with Crippen molar-refractivity contribution in [3.8, 4) is 11.5 Å². The highest BCUT2D eigenvalue weighted by atomic mass is 32.2. The van der Waals surface area contributed by atoms with E-state index in [0.717, 1.165) is 25.0 Å². The fourth-order valence-electron chi connectivity index (χ4n) is 4.57. The lowest BCUT2D eigenvalue weighted by molar-refractivity contribution is -0.130. The van der Waals surface area contributed by atoms with Crippen LogP contribution in [-0.4, -0.2) is 44.6 Å². The second-order valence-corrected chi connectivity index (χ2v) is 11.2. The van der Waals surface area contributed by atoms with Gasteiger partial charge >= 0.3 is 0 Å². The van der Waals surface area contributed by atoms with Gasteiger partial charge in [-0.25, -0.2) is 8.42 Å². The Balaban J connectivity index is 1.78. The Kier molecular flexibility index (Phi) is 6.64. The molecule has 33 heavy (non-hydrogen) atoms. The summed E-state index contributed by atoms with van der Waals surface area (Å²) in [5, 5.41) is 3.29. The van der Waals surface area contributed by atoms with Gasteiger partial charge in [0.05, 0.1) is 16.7 Å². The van der Waals surface area contributed by atoms with Crippen LogP contribution in [0, 0.1) is 5.92 Å². The molecule has 2 aliphatic heterocycles. The Morgan fingerprint density at radius 1 is 1.15 bits per heavy atom. The van der Waals surface area contributed by atoms with Crippen LogP contribution in [0.3, 0.4) is 0 Å². The van der Waals surface area contributed by atoms with Crippen molar-refractivity contribution < 1.29 is 17.9 Å². The number of benzene rings is 2. The third-order valence-electron chi connectivity index (χ3n) is 6.86. The van der Waals surface area contributed by atoms with Gasteiger partial charge in [-0.05, 0) is 66.8 Å². The van der Waals surface area contributed by atoms with E-state index in [1.54, 1.807) is 37.1 Å². The van der Waals surface area contributed by atoms with Gasteiger partial charge in [-0.3, -0.25) is 4.79 Å². The Hall–Kier alpha value is -2.64. The molecular formula is C26H32N2O4S. The molecule has 1 amide bonds. The first-order chi connectivity index (χ1) is 15.7. The van der Waals surface area contributed by atoms with Crippen molar-refractivity contribution in [3.05, 3.63) is 59.8 Å². The second kappa shape index (κ2) is 9.31. The zero-order chi connectivity index (χ0) is 23.8. The van der Waals surface area contributed by atoms with Crippen LogP contribution in [0.1, 0.15) is 50.7 Å². The summed E-state index contributed by atoms with van der Waals surface area (Å²) in [5.74, 6) is 1.78. The molecule has 4 rings (SSSR count). The number of sulfone groups is 1. The van der Waals surface area contributed by atoms with E-state index in [9.17, 15) is 13.2 Å². The zero-order valence-electron chi connectivity index (χ0n) is 19.7. The summed E-state index contributed by atoms with van der Waals surface area (Å²) in [6.45, 7) is 6.74. The van der Waals surface area contributed by atoms with Crippen LogP contribution in [-0.2, 0) is 14.6 Å². The number of fused-ring (bicyclic) bond motifs is 1. The highest BCUT2D eigenvalue weighted by molar-refractivity contribution is 7.91. The highest BCUT2D eigenvalue weighted by Gasteiger charge is 2.41. The van der Waals surface area contributed by atoms with E-state index in [4.69, 9.17) is 4.74 Å². The zero-order valence-corrected chi connectivity index (χ0v) is 20.5. The minimum atomic E-state index is -3.39. The lowest BCUT2D eigenvalue weighted by Crippen LogP contribution is -2.46. The van der Waals surface area contributed by atoms with Crippen LogP contribution in [0.5, 0.6) is 11.5 Å². The van der Waals surface area contributed by atoms with E-state index in [0.29, 0.717) is 23.0 Å². The van der Waals surface area contributed by atoms with Crippen LogP contribution in [0.15, 0.2) is 53.6 Å². The van der Waals surface area contributed by atoms with Crippen molar-refractivity contribution in [3.63, 3.8) is 0 Å². The van der Waals surface area contributed by atoms with Gasteiger partial charge in [0.15, 0.2) is 9.84 Å². The van der Waals surface area contributed by atoms with Crippen LogP contribution in [0.4, 0.5) is 0 Å². The van der Waals surface area contributed by atoms with E-state index < -0.39 is 9.84 Å². The maximum atomic E-state index is 12.6. The molecular weight excluding hydrogens is 436 g/mol. The number of likely N-dealkylation sites (N-methyl/N-ethyl adjacent to an activating group) is 1. The van der Waals surface area contributed by atoms with E-state index in [1.165, 1.54) is 5.56 Å². The molecule has 0 aromatic heterocycles. The first-order valence-corrected chi connectivity index (χ1v) is 13.3. The predicted octanol–water partition coefficient (Wildman–Crippen LogP) is 4.58. The summed E-state index contributed by atoms with van der Waals surface area (Å²) in [5.41, 5.74) is 2.89. The molecule has 3 atom stereocenters. The number of hydrogen-bond acceptors (Lipinski definition) is 5. The Morgan fingerprint density at radius 3 is 2.55 bits per heavy atom. The largest absolute Gasteiger partial charge is 0.457 e. The molecule has 7 heteroatoms. The predicted molar refractivity (Wildman–Crippen MR) is 130 cm³/mol. The lowest BCUT2D eigenvalue weighted by atomic mass is 9.84. The number of ether oxygens (including phenoxy) is 1. The summed E-state index contributed by atoms with van der Waals surface area (Å²) in [4.78, 5) is 14.5. The van der Waals surface area contributed by atoms with Crippen LogP contribution in [0.2, 0.25) is 0 Å². The Labute approximate surface area is 196 Å². The molecule has 0 radical (unpaired) electrons. The standard InChI is InChI=1S/C26H32N2O4S/c1-5-17(3)18-7-9-19(10-8-18)32-24-12-11-20(33(30,31)6-2)15-22(24)23-16-28(4)26(29)25-21(23)13-14-27-25/h7-12,15-17,21,25,27H,5-6,13-14H2,1-4H3. The molecule has 6 nitrogen and oxygen atoms in total. The van der Waals surface area contributed by atoms with E-state index in [1.807, 2.05) is 18.3 Å². The molecule has 176 valence electrons. The van der Waals surface area contributed by atoms with Gasteiger partial charge in [0.1, 0.15) is 11.5 Å². The third kappa shape index (κ3) is 4.57. The van der Waals surface area contributed by atoms with E-state index in [-0.39, 0.29) is 28.5 Å². The SMILES string of the molecule is CCC(C)c1ccc(Oc2ccc(S(=O)(=O)CC)cc2C2=CN(C)C(=O)C3NCCC23)cc1. The second-order valence-electron chi connectivity index (χ2n) is 8.90. The number of rotatable bonds is 7. The molecule has 0 saturated carbocycles. The minimum absolute atomic E-state index is 0.0226. The summed E-state index contributed by atoms with van der Waals surface area (Å²) in [7, 11) is -1.66.